The molecule has 1 fully saturated rings. The SMILES string of the molecule is CC(C)C[C@H](N)C(=O)N[C@@H](C[C@@H]1CCNC1=O)C(=O)CCl.Cl. The van der Waals surface area contributed by atoms with Gasteiger partial charge >= 0.3 is 0 Å². The number of carbonyl (C=O) groups excluding carboxylic acids is 3. The molecule has 22 heavy (non-hydrogen) atoms. The van der Waals surface area contributed by atoms with E-state index in [0.717, 1.165) is 0 Å². The van der Waals surface area contributed by atoms with Crippen molar-refractivity contribution in [2.24, 2.45) is 17.6 Å². The Kier molecular flexibility index (Phi) is 9.64. The van der Waals surface area contributed by atoms with Crippen LogP contribution >= 0.6 is 24.0 Å². The van der Waals surface area contributed by atoms with Crippen molar-refractivity contribution in [1.82, 2.24) is 10.6 Å². The predicted molar refractivity (Wildman–Crippen MR) is 88.1 cm³/mol. The number of rotatable bonds is 8. The lowest BCUT2D eigenvalue weighted by Crippen LogP contribution is -2.50. The van der Waals surface area contributed by atoms with Gasteiger partial charge in [0.15, 0.2) is 5.78 Å². The third kappa shape index (κ3) is 6.50. The maximum absolute atomic E-state index is 12.0. The molecule has 1 heterocycles. The number of halogens is 2. The lowest BCUT2D eigenvalue weighted by atomic mass is 9.95. The Labute approximate surface area is 142 Å². The number of alkyl halides is 1. The van der Waals surface area contributed by atoms with Crippen molar-refractivity contribution in [2.75, 3.05) is 12.4 Å². The van der Waals surface area contributed by atoms with Gasteiger partial charge in [-0.15, -0.1) is 24.0 Å². The Balaban J connectivity index is 0.00000441. The summed E-state index contributed by atoms with van der Waals surface area (Å²) in [6.45, 7) is 4.54. The lowest BCUT2D eigenvalue weighted by Gasteiger charge is -2.22. The molecule has 0 aromatic rings. The Morgan fingerprint density at radius 2 is 2.09 bits per heavy atom. The van der Waals surface area contributed by atoms with E-state index >= 15 is 0 Å². The fraction of sp³-hybridized carbons (Fsp3) is 0.786. The number of Topliss-reactive ketones (excluding diaryl/α,β-unsaturated/α-hetero) is 1. The molecular formula is C14H25Cl2N3O3. The van der Waals surface area contributed by atoms with E-state index in [-0.39, 0.29) is 54.1 Å². The van der Waals surface area contributed by atoms with Crippen LogP contribution in [0.1, 0.15) is 33.1 Å². The Hall–Kier alpha value is -0.850. The van der Waals surface area contributed by atoms with Gasteiger partial charge in [0.05, 0.1) is 18.0 Å². The molecular weight excluding hydrogens is 329 g/mol. The van der Waals surface area contributed by atoms with Gasteiger partial charge in [0.1, 0.15) is 0 Å². The number of nitrogens with one attached hydrogen (secondary N) is 2. The molecule has 0 aromatic carbocycles. The van der Waals surface area contributed by atoms with E-state index in [4.69, 9.17) is 17.3 Å². The zero-order chi connectivity index (χ0) is 16.0. The van der Waals surface area contributed by atoms with E-state index in [2.05, 4.69) is 10.6 Å². The predicted octanol–water partition coefficient (Wildman–Crippen LogP) is 0.600. The maximum atomic E-state index is 12.0. The Morgan fingerprint density at radius 3 is 2.55 bits per heavy atom. The molecule has 3 atom stereocenters. The fourth-order valence-corrected chi connectivity index (χ4v) is 2.60. The van der Waals surface area contributed by atoms with Crippen molar-refractivity contribution in [3.05, 3.63) is 0 Å². The second kappa shape index (κ2) is 10.0. The van der Waals surface area contributed by atoms with Gasteiger partial charge in [0.25, 0.3) is 0 Å². The maximum Gasteiger partial charge on any atom is 0.237 e. The van der Waals surface area contributed by atoms with Gasteiger partial charge < -0.3 is 16.4 Å². The number of hydrogen-bond donors (Lipinski definition) is 3. The lowest BCUT2D eigenvalue weighted by molar-refractivity contribution is -0.129. The molecule has 0 spiro atoms. The molecule has 1 rings (SSSR count). The van der Waals surface area contributed by atoms with Gasteiger partial charge in [-0.2, -0.15) is 0 Å². The fourth-order valence-electron chi connectivity index (χ4n) is 2.41. The number of nitrogens with two attached hydrogens (primary N) is 1. The zero-order valence-electron chi connectivity index (χ0n) is 12.9. The van der Waals surface area contributed by atoms with Crippen molar-refractivity contribution >= 4 is 41.6 Å². The topological polar surface area (TPSA) is 101 Å². The van der Waals surface area contributed by atoms with E-state index in [9.17, 15) is 14.4 Å². The van der Waals surface area contributed by atoms with Gasteiger partial charge in [-0.3, -0.25) is 14.4 Å². The van der Waals surface area contributed by atoms with Crippen molar-refractivity contribution in [3.63, 3.8) is 0 Å². The molecule has 0 radical (unpaired) electrons. The van der Waals surface area contributed by atoms with Crippen LogP contribution in [0.15, 0.2) is 0 Å². The van der Waals surface area contributed by atoms with Crippen molar-refractivity contribution in [1.29, 1.82) is 0 Å². The second-order valence-electron chi connectivity index (χ2n) is 5.91. The molecule has 1 aliphatic heterocycles. The molecule has 1 saturated heterocycles. The van der Waals surface area contributed by atoms with Crippen LogP contribution in [0.25, 0.3) is 0 Å². The Morgan fingerprint density at radius 1 is 1.45 bits per heavy atom. The van der Waals surface area contributed by atoms with E-state index in [1.165, 1.54) is 0 Å². The molecule has 0 bridgehead atoms. The number of amides is 2. The van der Waals surface area contributed by atoms with E-state index < -0.39 is 12.1 Å². The summed E-state index contributed by atoms with van der Waals surface area (Å²) < 4.78 is 0. The summed E-state index contributed by atoms with van der Waals surface area (Å²) in [7, 11) is 0. The minimum Gasteiger partial charge on any atom is -0.356 e. The summed E-state index contributed by atoms with van der Waals surface area (Å²) in [5, 5.41) is 5.36. The smallest absolute Gasteiger partial charge is 0.237 e. The first-order valence-electron chi connectivity index (χ1n) is 7.27. The van der Waals surface area contributed by atoms with Crippen LogP contribution in [-0.2, 0) is 14.4 Å². The average molecular weight is 354 g/mol. The van der Waals surface area contributed by atoms with Crippen LogP contribution in [-0.4, -0.2) is 42.1 Å². The third-order valence-corrected chi connectivity index (χ3v) is 3.85. The van der Waals surface area contributed by atoms with Gasteiger partial charge in [0, 0.05) is 12.5 Å². The van der Waals surface area contributed by atoms with Crippen LogP contribution in [0.5, 0.6) is 0 Å². The highest BCUT2D eigenvalue weighted by molar-refractivity contribution is 6.28. The Bertz CT molecular complexity index is 405. The molecule has 0 saturated carbocycles. The number of ketones is 1. The monoisotopic (exact) mass is 353 g/mol. The standard InChI is InChI=1S/C14H24ClN3O3.ClH/c1-8(2)5-10(16)14(21)18-11(12(19)7-15)6-9-3-4-17-13(9)20;/h8-11H,3-7,16H2,1-2H3,(H,17,20)(H,18,21);1H/t9-,10-,11-;/m0./s1. The van der Waals surface area contributed by atoms with E-state index in [0.29, 0.717) is 19.4 Å². The van der Waals surface area contributed by atoms with Crippen molar-refractivity contribution < 1.29 is 14.4 Å². The minimum absolute atomic E-state index is 0. The summed E-state index contributed by atoms with van der Waals surface area (Å²) in [5.41, 5.74) is 5.81. The van der Waals surface area contributed by atoms with Crippen LogP contribution in [0.4, 0.5) is 0 Å². The first kappa shape index (κ1) is 21.1. The largest absolute Gasteiger partial charge is 0.356 e. The highest BCUT2D eigenvalue weighted by atomic mass is 35.5. The summed E-state index contributed by atoms with van der Waals surface area (Å²) in [6.07, 6.45) is 1.48. The first-order valence-corrected chi connectivity index (χ1v) is 7.81. The molecule has 4 N–H and O–H groups in total. The van der Waals surface area contributed by atoms with Crippen molar-refractivity contribution in [2.45, 2.75) is 45.2 Å². The minimum atomic E-state index is -0.748. The highest BCUT2D eigenvalue weighted by Crippen LogP contribution is 2.17. The quantitative estimate of drug-likeness (QED) is 0.556. The van der Waals surface area contributed by atoms with Crippen LogP contribution in [0.3, 0.4) is 0 Å². The summed E-state index contributed by atoms with van der Waals surface area (Å²) in [6, 6.07) is -1.41. The molecule has 8 heteroatoms. The van der Waals surface area contributed by atoms with Gasteiger partial charge in [-0.25, -0.2) is 0 Å². The molecule has 0 aromatic heterocycles. The van der Waals surface area contributed by atoms with Crippen molar-refractivity contribution in [3.8, 4) is 0 Å². The molecule has 0 unspecified atom stereocenters. The first-order chi connectivity index (χ1) is 9.85. The van der Waals surface area contributed by atoms with Gasteiger partial charge in [-0.1, -0.05) is 13.8 Å². The zero-order valence-corrected chi connectivity index (χ0v) is 14.5. The van der Waals surface area contributed by atoms with Crippen LogP contribution in [0.2, 0.25) is 0 Å². The molecule has 128 valence electrons. The van der Waals surface area contributed by atoms with Gasteiger partial charge in [-0.05, 0) is 25.2 Å². The van der Waals surface area contributed by atoms with E-state index in [1.54, 1.807) is 0 Å². The van der Waals surface area contributed by atoms with Gasteiger partial charge in [0.2, 0.25) is 11.8 Å². The third-order valence-electron chi connectivity index (χ3n) is 3.58. The normalized spacial score (nSPS) is 20.0. The average Bonchev–Trinajstić information content (AvgIpc) is 2.81. The summed E-state index contributed by atoms with van der Waals surface area (Å²) in [5.74, 6) is -0.911. The second-order valence-corrected chi connectivity index (χ2v) is 6.18. The van der Waals surface area contributed by atoms with E-state index in [1.807, 2.05) is 13.8 Å². The van der Waals surface area contributed by atoms with Crippen LogP contribution < -0.4 is 16.4 Å². The summed E-state index contributed by atoms with van der Waals surface area (Å²) in [4.78, 5) is 35.5. The number of hydrogen-bond acceptors (Lipinski definition) is 4. The van der Waals surface area contributed by atoms with Crippen LogP contribution in [0, 0.1) is 11.8 Å². The summed E-state index contributed by atoms with van der Waals surface area (Å²) >= 11 is 5.58. The number of carbonyl (C=O) groups is 3. The molecule has 1 aliphatic rings. The highest BCUT2D eigenvalue weighted by Gasteiger charge is 2.31. The molecule has 6 nitrogen and oxygen atoms in total. The molecule has 0 aliphatic carbocycles. The molecule has 2 amide bonds.